The lowest BCUT2D eigenvalue weighted by Gasteiger charge is -2.03. The summed E-state index contributed by atoms with van der Waals surface area (Å²) in [6, 6.07) is 10.1. The van der Waals surface area contributed by atoms with E-state index in [0.29, 0.717) is 17.3 Å². The van der Waals surface area contributed by atoms with E-state index in [1.165, 1.54) is 24.2 Å². The second kappa shape index (κ2) is 7.31. The molecule has 1 aliphatic rings. The molecule has 1 aliphatic carbocycles. The minimum absolute atomic E-state index is 0.0747. The minimum Gasteiger partial charge on any atom is -0.345 e. The van der Waals surface area contributed by atoms with Crippen molar-refractivity contribution in [2.24, 2.45) is 0 Å². The number of aryl methyl sites for hydroxylation is 2. The van der Waals surface area contributed by atoms with Crippen LogP contribution in [0.1, 0.15) is 50.5 Å². The van der Waals surface area contributed by atoms with Crippen molar-refractivity contribution in [1.29, 1.82) is 0 Å². The molecular weight excluding hydrogens is 400 g/mol. The van der Waals surface area contributed by atoms with Gasteiger partial charge in [-0.15, -0.1) is 22.7 Å². The van der Waals surface area contributed by atoms with E-state index in [9.17, 15) is 4.79 Å². The van der Waals surface area contributed by atoms with E-state index in [1.807, 2.05) is 49.6 Å². The monoisotopic (exact) mass is 420 g/mol. The summed E-state index contributed by atoms with van der Waals surface area (Å²) >= 11 is 3.02. The van der Waals surface area contributed by atoms with Gasteiger partial charge in [0.25, 0.3) is 5.91 Å². The van der Waals surface area contributed by atoms with Crippen LogP contribution in [0.5, 0.6) is 0 Å². The van der Waals surface area contributed by atoms with Crippen molar-refractivity contribution in [1.82, 2.24) is 20.3 Å². The van der Waals surface area contributed by atoms with E-state index in [4.69, 9.17) is 4.98 Å². The Morgan fingerprint density at radius 2 is 1.93 bits per heavy atom. The summed E-state index contributed by atoms with van der Waals surface area (Å²) < 4.78 is 0. The molecule has 0 aliphatic heterocycles. The van der Waals surface area contributed by atoms with Crippen molar-refractivity contribution in [2.75, 3.05) is 0 Å². The van der Waals surface area contributed by atoms with Gasteiger partial charge in [-0.25, -0.2) is 15.0 Å². The summed E-state index contributed by atoms with van der Waals surface area (Å²) in [5.74, 6) is 1.36. The lowest BCUT2D eigenvalue weighted by Crippen LogP contribution is -2.22. The first kappa shape index (κ1) is 18.4. The molecule has 1 N–H and O–H groups in total. The molecule has 146 valence electrons. The largest absolute Gasteiger partial charge is 0.345 e. The van der Waals surface area contributed by atoms with Gasteiger partial charge in [0.05, 0.1) is 22.8 Å². The number of hydrogen-bond donors (Lipinski definition) is 1. The van der Waals surface area contributed by atoms with Gasteiger partial charge in [-0.05, 0) is 32.3 Å². The number of amides is 1. The third-order valence-electron chi connectivity index (χ3n) is 5.16. The molecule has 1 aromatic carbocycles. The molecule has 5 rings (SSSR count). The highest BCUT2D eigenvalue weighted by atomic mass is 32.1. The number of benzene rings is 1. The summed E-state index contributed by atoms with van der Waals surface area (Å²) in [4.78, 5) is 28.5. The van der Waals surface area contributed by atoms with Crippen LogP contribution in [0.4, 0.5) is 0 Å². The number of thiophene rings is 1. The first-order chi connectivity index (χ1) is 14.1. The van der Waals surface area contributed by atoms with Crippen molar-refractivity contribution < 1.29 is 4.79 Å². The van der Waals surface area contributed by atoms with E-state index in [1.54, 1.807) is 11.3 Å². The highest BCUT2D eigenvalue weighted by molar-refractivity contribution is 7.20. The fourth-order valence-corrected chi connectivity index (χ4v) is 5.37. The SMILES string of the molecule is Cc1nc(C2CC2)nc2sc(C(=O)NCc3nc(-c4ccccc4)cs3)c(C)c12. The molecule has 3 heterocycles. The van der Waals surface area contributed by atoms with Gasteiger partial charge in [0.2, 0.25) is 0 Å². The number of aromatic nitrogens is 3. The Morgan fingerprint density at radius 1 is 1.14 bits per heavy atom. The number of rotatable bonds is 5. The molecule has 1 amide bonds. The summed E-state index contributed by atoms with van der Waals surface area (Å²) in [6.07, 6.45) is 2.34. The lowest BCUT2D eigenvalue weighted by molar-refractivity contribution is 0.0954. The highest BCUT2D eigenvalue weighted by Gasteiger charge is 2.28. The molecule has 0 radical (unpaired) electrons. The van der Waals surface area contributed by atoms with Gasteiger partial charge in [-0.3, -0.25) is 4.79 Å². The molecule has 4 aromatic rings. The van der Waals surface area contributed by atoms with E-state index >= 15 is 0 Å². The molecular formula is C22H20N4OS2. The Kier molecular flexibility index (Phi) is 4.64. The highest BCUT2D eigenvalue weighted by Crippen LogP contribution is 2.40. The zero-order valence-electron chi connectivity index (χ0n) is 16.2. The van der Waals surface area contributed by atoms with Gasteiger partial charge in [-0.1, -0.05) is 30.3 Å². The van der Waals surface area contributed by atoms with Crippen LogP contribution in [-0.2, 0) is 6.54 Å². The van der Waals surface area contributed by atoms with Crippen molar-refractivity contribution >= 4 is 38.8 Å². The van der Waals surface area contributed by atoms with Crippen LogP contribution in [0.2, 0.25) is 0 Å². The Bertz CT molecular complexity index is 1210. The number of carbonyl (C=O) groups excluding carboxylic acids is 1. The Hall–Kier alpha value is -2.64. The normalized spacial score (nSPS) is 13.7. The molecule has 0 bridgehead atoms. The lowest BCUT2D eigenvalue weighted by atomic mass is 10.1. The molecule has 0 spiro atoms. The first-order valence-corrected chi connectivity index (χ1v) is 11.4. The van der Waals surface area contributed by atoms with Crippen LogP contribution in [0.3, 0.4) is 0 Å². The standard InChI is InChI=1S/C22H20N4OS2/c1-12-18-13(2)24-20(15-8-9-15)26-22(18)29-19(12)21(27)23-10-17-25-16(11-28-17)14-6-4-3-5-7-14/h3-7,11,15H,8-10H2,1-2H3,(H,23,27). The smallest absolute Gasteiger partial charge is 0.262 e. The van der Waals surface area contributed by atoms with Crippen LogP contribution in [0, 0.1) is 13.8 Å². The summed E-state index contributed by atoms with van der Waals surface area (Å²) in [5, 5.41) is 6.96. The minimum atomic E-state index is -0.0747. The zero-order valence-corrected chi connectivity index (χ0v) is 17.9. The fourth-order valence-electron chi connectivity index (χ4n) is 3.47. The fraction of sp³-hybridized carbons (Fsp3) is 0.273. The van der Waals surface area contributed by atoms with Gasteiger partial charge in [0, 0.05) is 22.2 Å². The second-order valence-electron chi connectivity index (χ2n) is 7.35. The summed E-state index contributed by atoms with van der Waals surface area (Å²) in [7, 11) is 0. The van der Waals surface area contributed by atoms with Gasteiger partial charge in [-0.2, -0.15) is 0 Å². The van der Waals surface area contributed by atoms with Crippen LogP contribution in [0.15, 0.2) is 35.7 Å². The zero-order chi connectivity index (χ0) is 20.0. The molecule has 5 nitrogen and oxygen atoms in total. The maximum atomic E-state index is 12.9. The third kappa shape index (κ3) is 3.56. The maximum absolute atomic E-state index is 12.9. The van der Waals surface area contributed by atoms with E-state index < -0.39 is 0 Å². The van der Waals surface area contributed by atoms with Gasteiger partial charge >= 0.3 is 0 Å². The predicted molar refractivity (Wildman–Crippen MR) is 118 cm³/mol. The van der Waals surface area contributed by atoms with Crippen LogP contribution < -0.4 is 5.32 Å². The number of fused-ring (bicyclic) bond motifs is 1. The molecule has 29 heavy (non-hydrogen) atoms. The number of carbonyl (C=O) groups is 1. The van der Waals surface area contributed by atoms with E-state index in [-0.39, 0.29) is 5.91 Å². The predicted octanol–water partition coefficient (Wildman–Crippen LogP) is 5.24. The van der Waals surface area contributed by atoms with Crippen molar-refractivity contribution in [3.05, 3.63) is 62.7 Å². The number of thiazole rings is 1. The number of nitrogens with zero attached hydrogens (tertiary/aromatic N) is 3. The molecule has 1 saturated carbocycles. The van der Waals surface area contributed by atoms with Crippen LogP contribution >= 0.6 is 22.7 Å². The summed E-state index contributed by atoms with van der Waals surface area (Å²) in [5.41, 5.74) is 3.96. The Labute approximate surface area is 176 Å². The van der Waals surface area contributed by atoms with Crippen molar-refractivity contribution in [3.63, 3.8) is 0 Å². The Morgan fingerprint density at radius 3 is 2.69 bits per heavy atom. The molecule has 0 saturated heterocycles. The average Bonchev–Trinajstić information content (AvgIpc) is 3.38. The number of nitrogens with one attached hydrogen (secondary N) is 1. The van der Waals surface area contributed by atoms with Gasteiger partial charge in [0.1, 0.15) is 15.7 Å². The summed E-state index contributed by atoms with van der Waals surface area (Å²) in [6.45, 7) is 4.41. The molecule has 3 aromatic heterocycles. The molecule has 0 atom stereocenters. The average molecular weight is 421 g/mol. The number of hydrogen-bond acceptors (Lipinski definition) is 6. The second-order valence-corrected chi connectivity index (χ2v) is 9.29. The van der Waals surface area contributed by atoms with Crippen molar-refractivity contribution in [3.8, 4) is 11.3 Å². The molecule has 1 fully saturated rings. The van der Waals surface area contributed by atoms with Crippen molar-refractivity contribution in [2.45, 2.75) is 39.2 Å². The topological polar surface area (TPSA) is 67.8 Å². The Balaban J connectivity index is 1.35. The molecule has 0 unspecified atom stereocenters. The van der Waals surface area contributed by atoms with Crippen LogP contribution in [-0.4, -0.2) is 20.9 Å². The third-order valence-corrected chi connectivity index (χ3v) is 7.19. The van der Waals surface area contributed by atoms with E-state index in [0.717, 1.165) is 43.6 Å². The van der Waals surface area contributed by atoms with Gasteiger partial charge in [0.15, 0.2) is 0 Å². The molecule has 7 heteroatoms. The quantitative estimate of drug-likeness (QED) is 0.479. The van der Waals surface area contributed by atoms with Gasteiger partial charge < -0.3 is 5.32 Å². The maximum Gasteiger partial charge on any atom is 0.262 e. The first-order valence-electron chi connectivity index (χ1n) is 9.66. The van der Waals surface area contributed by atoms with E-state index in [2.05, 4.69) is 15.3 Å². The van der Waals surface area contributed by atoms with Crippen LogP contribution in [0.25, 0.3) is 21.5 Å².